The molecule has 0 saturated heterocycles. The number of oxime groups is 1. The van der Waals surface area contributed by atoms with Crippen LogP contribution in [0.4, 0.5) is 0 Å². The molecule has 0 amide bonds. The monoisotopic (exact) mass is 283 g/mol. The van der Waals surface area contributed by atoms with Crippen LogP contribution in [0.15, 0.2) is 29.4 Å². The van der Waals surface area contributed by atoms with E-state index in [0.717, 1.165) is 24.5 Å². The van der Waals surface area contributed by atoms with Crippen LogP contribution in [0.5, 0.6) is 0 Å². The van der Waals surface area contributed by atoms with E-state index in [9.17, 15) is 0 Å². The molecule has 3 N–H and O–H groups in total. The Kier molecular flexibility index (Phi) is 5.63. The fourth-order valence-corrected chi connectivity index (χ4v) is 1.97. The molecule has 0 aliphatic heterocycles. The van der Waals surface area contributed by atoms with Gasteiger partial charge in [-0.25, -0.2) is 0 Å². The number of nitrogens with zero attached hydrogens (tertiary/aromatic N) is 2. The Morgan fingerprint density at radius 2 is 2.16 bits per heavy atom. The molecule has 106 valence electrons. The van der Waals surface area contributed by atoms with Crippen molar-refractivity contribution in [3.8, 4) is 0 Å². The van der Waals surface area contributed by atoms with Gasteiger partial charge < -0.3 is 15.8 Å². The fourth-order valence-electron chi connectivity index (χ4n) is 1.76. The minimum absolute atomic E-state index is 0.267. The number of hydrogen-bond donors (Lipinski definition) is 2. The smallest absolute Gasteiger partial charge is 0.144 e. The molecule has 0 aliphatic rings. The number of halogens is 1. The van der Waals surface area contributed by atoms with Crippen LogP contribution in [0.3, 0.4) is 0 Å². The summed E-state index contributed by atoms with van der Waals surface area (Å²) in [5.74, 6) is 0.267. The average Bonchev–Trinajstić information content (AvgIpc) is 2.35. The number of amidine groups is 1. The minimum atomic E-state index is -0.308. The van der Waals surface area contributed by atoms with Gasteiger partial charge >= 0.3 is 0 Å². The number of benzene rings is 1. The largest absolute Gasteiger partial charge is 0.409 e. The lowest BCUT2D eigenvalue weighted by Gasteiger charge is -2.26. The highest BCUT2D eigenvalue weighted by Gasteiger charge is 2.23. The van der Waals surface area contributed by atoms with Crippen molar-refractivity contribution in [2.45, 2.75) is 26.8 Å². The molecule has 1 aromatic rings. The van der Waals surface area contributed by atoms with Gasteiger partial charge in [0.15, 0.2) is 0 Å². The van der Waals surface area contributed by atoms with Gasteiger partial charge in [0.1, 0.15) is 5.84 Å². The van der Waals surface area contributed by atoms with E-state index in [2.05, 4.69) is 16.1 Å². The van der Waals surface area contributed by atoms with E-state index in [4.69, 9.17) is 22.5 Å². The Bertz CT molecular complexity index is 446. The van der Waals surface area contributed by atoms with Crippen molar-refractivity contribution < 1.29 is 5.21 Å². The van der Waals surface area contributed by atoms with Crippen molar-refractivity contribution in [3.05, 3.63) is 34.9 Å². The van der Waals surface area contributed by atoms with Crippen molar-refractivity contribution in [3.63, 3.8) is 0 Å². The van der Waals surface area contributed by atoms with Gasteiger partial charge in [0.25, 0.3) is 0 Å². The Labute approximate surface area is 119 Å². The van der Waals surface area contributed by atoms with Gasteiger partial charge in [-0.05, 0) is 37.7 Å². The zero-order valence-corrected chi connectivity index (χ0v) is 12.5. The summed E-state index contributed by atoms with van der Waals surface area (Å²) in [5.41, 5.74) is 6.54. The summed E-state index contributed by atoms with van der Waals surface area (Å²) in [6, 6.07) is 7.84. The summed E-state index contributed by atoms with van der Waals surface area (Å²) in [7, 11) is 2.04. The molecule has 0 aromatic heterocycles. The van der Waals surface area contributed by atoms with Crippen LogP contribution in [0.1, 0.15) is 25.8 Å². The highest BCUT2D eigenvalue weighted by atomic mass is 35.5. The van der Waals surface area contributed by atoms with Crippen LogP contribution >= 0.6 is 11.6 Å². The normalized spacial score (nSPS) is 13.0. The second-order valence-corrected chi connectivity index (χ2v) is 5.92. The van der Waals surface area contributed by atoms with Crippen molar-refractivity contribution in [1.29, 1.82) is 0 Å². The van der Waals surface area contributed by atoms with Crippen LogP contribution in [0.2, 0.25) is 5.02 Å². The maximum atomic E-state index is 8.74. The van der Waals surface area contributed by atoms with E-state index >= 15 is 0 Å². The van der Waals surface area contributed by atoms with E-state index in [1.807, 2.05) is 39.1 Å². The van der Waals surface area contributed by atoms with Crippen LogP contribution in [0, 0.1) is 5.41 Å². The number of nitrogens with two attached hydrogens (primary N) is 1. The van der Waals surface area contributed by atoms with Crippen LogP contribution in [-0.2, 0) is 6.54 Å². The molecule has 0 saturated carbocycles. The molecule has 0 aliphatic carbocycles. The Balaban J connectivity index is 2.50. The average molecular weight is 284 g/mol. The standard InChI is InChI=1S/C14H22ClN3O/c1-14(2,13(16)17-19)7-8-18(3)10-11-5-4-6-12(15)9-11/h4-6,9,19H,7-8,10H2,1-3H3,(H2,16,17). The molecular formula is C14H22ClN3O. The minimum Gasteiger partial charge on any atom is -0.409 e. The first-order valence-corrected chi connectivity index (χ1v) is 6.64. The zero-order valence-electron chi connectivity index (χ0n) is 11.7. The third kappa shape index (κ3) is 5.09. The van der Waals surface area contributed by atoms with E-state index < -0.39 is 0 Å². The fraction of sp³-hybridized carbons (Fsp3) is 0.500. The quantitative estimate of drug-likeness (QED) is 0.365. The van der Waals surface area contributed by atoms with Crippen LogP contribution < -0.4 is 5.73 Å². The molecule has 0 radical (unpaired) electrons. The van der Waals surface area contributed by atoms with E-state index in [1.165, 1.54) is 5.56 Å². The predicted octanol–water partition coefficient (Wildman–Crippen LogP) is 2.93. The first-order valence-electron chi connectivity index (χ1n) is 6.26. The summed E-state index contributed by atoms with van der Waals surface area (Å²) in [4.78, 5) is 2.19. The molecule has 0 unspecified atom stereocenters. The van der Waals surface area contributed by atoms with Crippen LogP contribution in [-0.4, -0.2) is 29.5 Å². The van der Waals surface area contributed by atoms with E-state index in [-0.39, 0.29) is 11.3 Å². The zero-order chi connectivity index (χ0) is 14.5. The molecule has 1 aromatic carbocycles. The van der Waals surface area contributed by atoms with Gasteiger partial charge in [-0.2, -0.15) is 0 Å². The molecule has 4 nitrogen and oxygen atoms in total. The Morgan fingerprint density at radius 3 is 2.74 bits per heavy atom. The molecule has 0 fully saturated rings. The Morgan fingerprint density at radius 1 is 1.47 bits per heavy atom. The van der Waals surface area contributed by atoms with Gasteiger partial charge in [-0.15, -0.1) is 0 Å². The lowest BCUT2D eigenvalue weighted by atomic mass is 9.88. The lowest BCUT2D eigenvalue weighted by molar-refractivity contribution is 0.272. The molecule has 0 spiro atoms. The molecule has 0 atom stereocenters. The van der Waals surface area contributed by atoms with Crippen molar-refractivity contribution >= 4 is 17.4 Å². The first-order chi connectivity index (χ1) is 8.85. The molecule has 19 heavy (non-hydrogen) atoms. The summed E-state index contributed by atoms with van der Waals surface area (Å²) in [5, 5.41) is 12.6. The van der Waals surface area contributed by atoms with Gasteiger partial charge in [-0.1, -0.05) is 42.7 Å². The SMILES string of the molecule is CN(CCC(C)(C)C(N)=NO)Cc1cccc(Cl)c1. The summed E-state index contributed by atoms with van der Waals surface area (Å²) < 4.78 is 0. The molecular weight excluding hydrogens is 262 g/mol. The van der Waals surface area contributed by atoms with Gasteiger partial charge in [0.2, 0.25) is 0 Å². The Hall–Kier alpha value is -1.26. The van der Waals surface area contributed by atoms with Gasteiger partial charge in [0.05, 0.1) is 0 Å². The molecule has 0 heterocycles. The van der Waals surface area contributed by atoms with Crippen molar-refractivity contribution in [2.75, 3.05) is 13.6 Å². The van der Waals surface area contributed by atoms with Crippen LogP contribution in [0.25, 0.3) is 0 Å². The maximum Gasteiger partial charge on any atom is 0.144 e. The molecule has 5 heteroatoms. The lowest BCUT2D eigenvalue weighted by Crippen LogP contribution is -2.35. The highest BCUT2D eigenvalue weighted by Crippen LogP contribution is 2.21. The van der Waals surface area contributed by atoms with Gasteiger partial charge in [0, 0.05) is 17.0 Å². The summed E-state index contributed by atoms with van der Waals surface area (Å²) in [6.45, 7) is 5.62. The summed E-state index contributed by atoms with van der Waals surface area (Å²) >= 11 is 5.96. The second-order valence-electron chi connectivity index (χ2n) is 5.49. The third-order valence-corrected chi connectivity index (χ3v) is 3.50. The number of rotatable bonds is 6. The molecule has 1 rings (SSSR count). The van der Waals surface area contributed by atoms with E-state index in [1.54, 1.807) is 0 Å². The number of hydrogen-bond acceptors (Lipinski definition) is 3. The highest BCUT2D eigenvalue weighted by molar-refractivity contribution is 6.30. The third-order valence-electron chi connectivity index (χ3n) is 3.26. The second kappa shape index (κ2) is 6.78. The summed E-state index contributed by atoms with van der Waals surface area (Å²) in [6.07, 6.45) is 0.819. The van der Waals surface area contributed by atoms with Crippen molar-refractivity contribution in [2.24, 2.45) is 16.3 Å². The van der Waals surface area contributed by atoms with Gasteiger partial charge in [-0.3, -0.25) is 0 Å². The molecule has 0 bridgehead atoms. The topological polar surface area (TPSA) is 61.8 Å². The maximum absolute atomic E-state index is 8.74. The van der Waals surface area contributed by atoms with Crippen molar-refractivity contribution in [1.82, 2.24) is 4.90 Å². The first kappa shape index (κ1) is 15.8. The predicted molar refractivity (Wildman–Crippen MR) is 79.6 cm³/mol. The van der Waals surface area contributed by atoms with E-state index in [0.29, 0.717) is 0 Å².